The van der Waals surface area contributed by atoms with Gasteiger partial charge >= 0.3 is 0 Å². The molecule has 0 saturated heterocycles. The van der Waals surface area contributed by atoms with Crippen LogP contribution >= 0.6 is 0 Å². The summed E-state index contributed by atoms with van der Waals surface area (Å²) in [5, 5.41) is 21.4. The van der Waals surface area contributed by atoms with Crippen LogP contribution in [0.3, 0.4) is 0 Å². The van der Waals surface area contributed by atoms with Gasteiger partial charge in [0.05, 0.1) is 23.0 Å². The largest absolute Gasteiger partial charge is 0.394 e. The summed E-state index contributed by atoms with van der Waals surface area (Å²) in [6, 6.07) is 6.64. The van der Waals surface area contributed by atoms with Gasteiger partial charge in [-0.3, -0.25) is 24.6 Å². The Balaban J connectivity index is 2.29. The number of aliphatic hydroxyl groups is 1. The van der Waals surface area contributed by atoms with Gasteiger partial charge in [0.25, 0.3) is 17.5 Å². The number of hydrogen-bond donors (Lipinski definition) is 1. The molecule has 1 aliphatic rings. The summed E-state index contributed by atoms with van der Waals surface area (Å²) in [6.45, 7) is 3.29. The van der Waals surface area contributed by atoms with Gasteiger partial charge in [-0.1, -0.05) is 19.9 Å². The highest BCUT2D eigenvalue weighted by Gasteiger charge is 2.39. The predicted molar refractivity (Wildman–Crippen MR) is 86.8 cm³/mol. The molecule has 2 aromatic rings. The van der Waals surface area contributed by atoms with E-state index in [0.717, 1.165) is 4.90 Å². The molecule has 0 spiro atoms. The molecule has 1 atom stereocenters. The fourth-order valence-corrected chi connectivity index (χ4v) is 3.15. The number of imide groups is 1. The van der Waals surface area contributed by atoms with E-state index < -0.39 is 22.8 Å². The summed E-state index contributed by atoms with van der Waals surface area (Å²) >= 11 is 0. The molecule has 7 nitrogen and oxygen atoms in total. The minimum atomic E-state index is -0.649. The molecule has 3 rings (SSSR count). The second-order valence-corrected chi connectivity index (χ2v) is 6.09. The third kappa shape index (κ3) is 2.16. The third-order valence-electron chi connectivity index (χ3n) is 4.40. The molecule has 0 saturated carbocycles. The van der Waals surface area contributed by atoms with Crippen molar-refractivity contribution in [1.29, 1.82) is 0 Å². The second-order valence-electron chi connectivity index (χ2n) is 6.09. The van der Waals surface area contributed by atoms with Crippen LogP contribution in [0.5, 0.6) is 0 Å². The fourth-order valence-electron chi connectivity index (χ4n) is 3.15. The first-order valence-electron chi connectivity index (χ1n) is 7.57. The van der Waals surface area contributed by atoms with Gasteiger partial charge in [-0.2, -0.15) is 0 Å². The van der Waals surface area contributed by atoms with Crippen LogP contribution in [-0.2, 0) is 0 Å². The number of nitro groups is 1. The van der Waals surface area contributed by atoms with Gasteiger partial charge in [-0.15, -0.1) is 0 Å². The van der Waals surface area contributed by atoms with E-state index in [0.29, 0.717) is 5.39 Å². The Morgan fingerprint density at radius 3 is 2.29 bits per heavy atom. The molecule has 0 aromatic heterocycles. The second kappa shape index (κ2) is 5.68. The van der Waals surface area contributed by atoms with Crippen molar-refractivity contribution >= 4 is 28.3 Å². The molecule has 1 unspecified atom stereocenters. The van der Waals surface area contributed by atoms with Gasteiger partial charge in [0.15, 0.2) is 0 Å². The number of nitro benzene ring substituents is 1. The molecular weight excluding hydrogens is 312 g/mol. The Hall–Kier alpha value is -2.80. The Kier molecular flexibility index (Phi) is 3.81. The van der Waals surface area contributed by atoms with Crippen molar-refractivity contribution in [1.82, 2.24) is 4.90 Å². The number of carbonyl (C=O) groups is 2. The van der Waals surface area contributed by atoms with E-state index in [-0.39, 0.29) is 34.7 Å². The van der Waals surface area contributed by atoms with E-state index in [1.165, 1.54) is 18.2 Å². The number of rotatable bonds is 4. The van der Waals surface area contributed by atoms with E-state index in [1.54, 1.807) is 12.1 Å². The van der Waals surface area contributed by atoms with Crippen LogP contribution < -0.4 is 0 Å². The lowest BCUT2D eigenvalue weighted by Gasteiger charge is -2.34. The lowest BCUT2D eigenvalue weighted by Crippen LogP contribution is -2.50. The number of carbonyl (C=O) groups excluding carboxylic acids is 2. The standard InChI is InChI=1S/C17H16N2O5/c1-9(2)14(8-20)18-16(21)11-5-3-4-10-13(19(23)24)7-6-12(15(10)11)17(18)22/h3-7,9,14,20H,8H2,1-2H3. The molecule has 124 valence electrons. The number of non-ortho nitro benzene ring substituents is 1. The molecular formula is C17H16N2O5. The van der Waals surface area contributed by atoms with E-state index in [9.17, 15) is 24.8 Å². The maximum atomic E-state index is 12.8. The van der Waals surface area contributed by atoms with Crippen LogP contribution in [0.15, 0.2) is 30.3 Å². The van der Waals surface area contributed by atoms with Crippen molar-refractivity contribution in [2.75, 3.05) is 6.61 Å². The molecule has 24 heavy (non-hydrogen) atoms. The summed E-state index contributed by atoms with van der Waals surface area (Å²) < 4.78 is 0. The van der Waals surface area contributed by atoms with Crippen molar-refractivity contribution in [2.24, 2.45) is 5.92 Å². The van der Waals surface area contributed by atoms with Crippen LogP contribution in [0.1, 0.15) is 34.6 Å². The van der Waals surface area contributed by atoms with Gasteiger partial charge in [0, 0.05) is 22.6 Å². The topological polar surface area (TPSA) is 101 Å². The highest BCUT2D eigenvalue weighted by Crippen LogP contribution is 2.36. The molecule has 7 heteroatoms. The summed E-state index contributed by atoms with van der Waals surface area (Å²) in [5.41, 5.74) is 0.335. The van der Waals surface area contributed by atoms with E-state index >= 15 is 0 Å². The normalized spacial score (nSPS) is 15.2. The van der Waals surface area contributed by atoms with E-state index in [1.807, 2.05) is 13.8 Å². The SMILES string of the molecule is CC(C)C(CO)N1C(=O)c2cccc3c([N+](=O)[O-])ccc(c23)C1=O. The molecule has 2 amide bonds. The molecule has 1 N–H and O–H groups in total. The molecule has 2 aromatic carbocycles. The van der Waals surface area contributed by atoms with Gasteiger partial charge in [-0.25, -0.2) is 0 Å². The van der Waals surface area contributed by atoms with Crippen LogP contribution in [0.4, 0.5) is 5.69 Å². The average Bonchev–Trinajstić information content (AvgIpc) is 2.55. The van der Waals surface area contributed by atoms with Crippen molar-refractivity contribution in [3.05, 3.63) is 51.6 Å². The van der Waals surface area contributed by atoms with Crippen molar-refractivity contribution in [3.63, 3.8) is 0 Å². The van der Waals surface area contributed by atoms with Crippen molar-refractivity contribution in [2.45, 2.75) is 19.9 Å². The molecule has 0 radical (unpaired) electrons. The first-order chi connectivity index (χ1) is 11.4. The van der Waals surface area contributed by atoms with Gasteiger partial charge < -0.3 is 5.11 Å². The summed E-state index contributed by atoms with van der Waals surface area (Å²) in [6.07, 6.45) is 0. The molecule has 0 fully saturated rings. The first-order valence-corrected chi connectivity index (χ1v) is 7.57. The predicted octanol–water partition coefficient (Wildman–Crippen LogP) is 2.36. The number of nitrogens with zero attached hydrogens (tertiary/aromatic N) is 2. The zero-order valence-electron chi connectivity index (χ0n) is 13.2. The quantitative estimate of drug-likeness (QED) is 0.527. The van der Waals surface area contributed by atoms with Crippen LogP contribution in [0, 0.1) is 16.0 Å². The Morgan fingerprint density at radius 2 is 1.75 bits per heavy atom. The van der Waals surface area contributed by atoms with Crippen molar-refractivity contribution < 1.29 is 19.6 Å². The zero-order chi connectivity index (χ0) is 17.6. The van der Waals surface area contributed by atoms with Crippen molar-refractivity contribution in [3.8, 4) is 0 Å². The van der Waals surface area contributed by atoms with Crippen LogP contribution in [0.2, 0.25) is 0 Å². The van der Waals surface area contributed by atoms with Crippen LogP contribution in [-0.4, -0.2) is 39.4 Å². The Labute approximate surface area is 137 Å². The third-order valence-corrected chi connectivity index (χ3v) is 4.40. The molecule has 0 aliphatic carbocycles. The minimum absolute atomic E-state index is 0.123. The zero-order valence-corrected chi connectivity index (χ0v) is 13.2. The van der Waals surface area contributed by atoms with Gasteiger partial charge in [0.1, 0.15) is 0 Å². The smallest absolute Gasteiger partial charge is 0.277 e. The number of amides is 2. The fraction of sp³-hybridized carbons (Fsp3) is 0.294. The van der Waals surface area contributed by atoms with E-state index in [4.69, 9.17) is 0 Å². The van der Waals surface area contributed by atoms with Gasteiger partial charge in [0.2, 0.25) is 0 Å². The highest BCUT2D eigenvalue weighted by molar-refractivity contribution is 6.26. The maximum absolute atomic E-state index is 12.8. The molecule has 1 aliphatic heterocycles. The first kappa shape index (κ1) is 16.1. The number of hydrogen-bond acceptors (Lipinski definition) is 5. The number of aliphatic hydroxyl groups excluding tert-OH is 1. The van der Waals surface area contributed by atoms with E-state index in [2.05, 4.69) is 0 Å². The lowest BCUT2D eigenvalue weighted by molar-refractivity contribution is -0.383. The highest BCUT2D eigenvalue weighted by atomic mass is 16.6. The molecule has 1 heterocycles. The summed E-state index contributed by atoms with van der Waals surface area (Å²) in [7, 11) is 0. The Bertz CT molecular complexity index is 852. The average molecular weight is 328 g/mol. The Morgan fingerprint density at radius 1 is 1.12 bits per heavy atom. The minimum Gasteiger partial charge on any atom is -0.394 e. The van der Waals surface area contributed by atoms with Crippen LogP contribution in [0.25, 0.3) is 10.8 Å². The summed E-state index contributed by atoms with van der Waals surface area (Å²) in [5.74, 6) is -1.20. The molecule has 0 bridgehead atoms. The lowest BCUT2D eigenvalue weighted by atomic mass is 9.90. The summed E-state index contributed by atoms with van der Waals surface area (Å²) in [4.78, 5) is 37.4. The van der Waals surface area contributed by atoms with Gasteiger partial charge in [-0.05, 0) is 24.1 Å². The maximum Gasteiger partial charge on any atom is 0.277 e. The monoisotopic (exact) mass is 328 g/mol. The number of benzene rings is 2.